The predicted octanol–water partition coefficient (Wildman–Crippen LogP) is 1.62. The molecule has 0 saturated heterocycles. The van der Waals surface area contributed by atoms with Gasteiger partial charge in [-0.25, -0.2) is 9.97 Å². The van der Waals surface area contributed by atoms with Crippen LogP contribution in [0.5, 0.6) is 0 Å². The van der Waals surface area contributed by atoms with E-state index in [9.17, 15) is 18.3 Å². The van der Waals surface area contributed by atoms with Crippen LogP contribution in [0.4, 0.5) is 13.2 Å². The third-order valence-corrected chi connectivity index (χ3v) is 1.45. The first-order chi connectivity index (χ1) is 7.18. The molecule has 86 valence electrons. The smallest absolute Gasteiger partial charge is 0.378 e. The van der Waals surface area contributed by atoms with Gasteiger partial charge in [0.2, 0.25) is 0 Å². The monoisotopic (exact) mass is 230 g/mol. The molecule has 0 aliphatic heterocycles. The van der Waals surface area contributed by atoms with E-state index in [1.54, 1.807) is 0 Å². The van der Waals surface area contributed by atoms with Crippen LogP contribution in [0.1, 0.15) is 25.2 Å². The first-order valence-corrected chi connectivity index (χ1v) is 4.33. The second-order valence-corrected chi connectivity index (χ2v) is 3.60. The summed E-state index contributed by atoms with van der Waals surface area (Å²) in [6.07, 6.45) is -3.73. The fourth-order valence-electron chi connectivity index (χ4n) is 0.798. The van der Waals surface area contributed by atoms with Crippen molar-refractivity contribution in [2.75, 3.05) is 0 Å². The molecule has 1 rings (SSSR count). The van der Waals surface area contributed by atoms with Crippen LogP contribution in [0.3, 0.4) is 0 Å². The molecule has 0 atom stereocenters. The third-order valence-electron chi connectivity index (χ3n) is 1.45. The van der Waals surface area contributed by atoms with Crippen LogP contribution in [0.2, 0.25) is 0 Å². The normalized spacial score (nSPS) is 11.9. The zero-order chi connectivity index (χ0) is 12.4. The Morgan fingerprint density at radius 1 is 1.25 bits per heavy atom. The van der Waals surface area contributed by atoms with Crippen LogP contribution in [0, 0.1) is 11.8 Å². The minimum atomic E-state index is -4.52. The lowest BCUT2D eigenvalue weighted by molar-refractivity contribution is -0.141. The molecule has 1 N–H and O–H groups in total. The fourth-order valence-corrected chi connectivity index (χ4v) is 0.798. The minimum Gasteiger partial charge on any atom is -0.378 e. The lowest BCUT2D eigenvalue weighted by Crippen LogP contribution is -2.14. The van der Waals surface area contributed by atoms with Gasteiger partial charge >= 0.3 is 6.18 Å². The van der Waals surface area contributed by atoms with Crippen molar-refractivity contribution in [3.8, 4) is 11.8 Å². The van der Waals surface area contributed by atoms with E-state index in [0.717, 1.165) is 12.4 Å². The number of hydrogen-bond acceptors (Lipinski definition) is 3. The van der Waals surface area contributed by atoms with Gasteiger partial charge in [0.15, 0.2) is 0 Å². The van der Waals surface area contributed by atoms with Crippen molar-refractivity contribution < 1.29 is 18.3 Å². The van der Waals surface area contributed by atoms with Gasteiger partial charge in [0.1, 0.15) is 23.3 Å². The van der Waals surface area contributed by atoms with Crippen LogP contribution in [-0.4, -0.2) is 20.7 Å². The van der Waals surface area contributed by atoms with E-state index < -0.39 is 17.5 Å². The lowest BCUT2D eigenvalue weighted by Gasteiger charge is -2.06. The molecular weight excluding hydrogens is 221 g/mol. The van der Waals surface area contributed by atoms with Gasteiger partial charge in [-0.05, 0) is 19.8 Å². The summed E-state index contributed by atoms with van der Waals surface area (Å²) in [5, 5.41) is 9.27. The van der Waals surface area contributed by atoms with Crippen molar-refractivity contribution in [3.63, 3.8) is 0 Å². The molecule has 0 bridgehead atoms. The number of nitrogens with zero attached hydrogens (tertiary/aromatic N) is 2. The minimum absolute atomic E-state index is 0.0792. The Balaban J connectivity index is 3.04. The maximum absolute atomic E-state index is 12.3. The Morgan fingerprint density at radius 3 is 2.38 bits per heavy atom. The molecule has 0 spiro atoms. The molecule has 0 amide bonds. The molecule has 0 radical (unpaired) electrons. The van der Waals surface area contributed by atoms with Gasteiger partial charge < -0.3 is 5.11 Å². The SMILES string of the molecule is CC(C)(O)C#Cc1cc(C(F)(F)F)ncn1. The highest BCUT2D eigenvalue weighted by Crippen LogP contribution is 2.27. The van der Waals surface area contributed by atoms with Crippen molar-refractivity contribution in [2.24, 2.45) is 0 Å². The number of hydrogen-bond donors (Lipinski definition) is 1. The van der Waals surface area contributed by atoms with Crippen molar-refractivity contribution in [1.29, 1.82) is 0 Å². The average Bonchev–Trinajstić information content (AvgIpc) is 2.13. The van der Waals surface area contributed by atoms with Crippen molar-refractivity contribution in [3.05, 3.63) is 23.8 Å². The Labute approximate surface area is 90.4 Å². The summed E-state index contributed by atoms with van der Waals surface area (Å²) < 4.78 is 36.8. The third kappa shape index (κ3) is 3.87. The van der Waals surface area contributed by atoms with Crippen LogP contribution in [0.25, 0.3) is 0 Å². The first kappa shape index (κ1) is 12.5. The zero-order valence-electron chi connectivity index (χ0n) is 8.63. The summed E-state index contributed by atoms with van der Waals surface area (Å²) in [6.45, 7) is 2.84. The van der Waals surface area contributed by atoms with Crippen molar-refractivity contribution >= 4 is 0 Å². The number of rotatable bonds is 0. The van der Waals surface area contributed by atoms with E-state index >= 15 is 0 Å². The van der Waals surface area contributed by atoms with E-state index in [0.29, 0.717) is 0 Å². The lowest BCUT2D eigenvalue weighted by atomic mass is 10.1. The Morgan fingerprint density at radius 2 is 1.88 bits per heavy atom. The molecular formula is C10H9F3N2O. The molecule has 6 heteroatoms. The Bertz CT molecular complexity index is 438. The summed E-state index contributed by atoms with van der Waals surface area (Å²) in [4.78, 5) is 6.65. The topological polar surface area (TPSA) is 46.0 Å². The first-order valence-electron chi connectivity index (χ1n) is 4.33. The number of aliphatic hydroxyl groups is 1. The van der Waals surface area contributed by atoms with Crippen LogP contribution in [-0.2, 0) is 6.18 Å². The molecule has 1 aromatic rings. The summed E-state index contributed by atoms with van der Waals surface area (Å²) in [7, 11) is 0. The molecule has 0 aromatic carbocycles. The van der Waals surface area contributed by atoms with E-state index in [-0.39, 0.29) is 5.69 Å². The number of aromatic nitrogens is 2. The molecule has 16 heavy (non-hydrogen) atoms. The fraction of sp³-hybridized carbons (Fsp3) is 0.400. The molecule has 0 unspecified atom stereocenters. The van der Waals surface area contributed by atoms with Crippen molar-refractivity contribution in [2.45, 2.75) is 25.6 Å². The largest absolute Gasteiger partial charge is 0.433 e. The van der Waals surface area contributed by atoms with Gasteiger partial charge in [0.25, 0.3) is 0 Å². The molecule has 0 fully saturated rings. The highest BCUT2D eigenvalue weighted by Gasteiger charge is 2.32. The van der Waals surface area contributed by atoms with Crippen molar-refractivity contribution in [1.82, 2.24) is 9.97 Å². The molecule has 3 nitrogen and oxygen atoms in total. The predicted molar refractivity (Wildman–Crippen MR) is 50.2 cm³/mol. The van der Waals surface area contributed by atoms with Crippen LogP contribution >= 0.6 is 0 Å². The van der Waals surface area contributed by atoms with Gasteiger partial charge in [-0.1, -0.05) is 5.92 Å². The van der Waals surface area contributed by atoms with E-state index in [4.69, 9.17) is 0 Å². The summed E-state index contributed by atoms with van der Waals surface area (Å²) >= 11 is 0. The van der Waals surface area contributed by atoms with Gasteiger partial charge in [0.05, 0.1) is 0 Å². The van der Waals surface area contributed by atoms with E-state index in [2.05, 4.69) is 21.8 Å². The second kappa shape index (κ2) is 4.10. The van der Waals surface area contributed by atoms with Gasteiger partial charge in [-0.15, -0.1) is 0 Å². The highest BCUT2D eigenvalue weighted by atomic mass is 19.4. The highest BCUT2D eigenvalue weighted by molar-refractivity contribution is 5.31. The molecule has 0 aliphatic carbocycles. The summed E-state index contributed by atoms with van der Waals surface area (Å²) in [5.74, 6) is 4.71. The van der Waals surface area contributed by atoms with Gasteiger partial charge in [-0.3, -0.25) is 0 Å². The maximum Gasteiger partial charge on any atom is 0.433 e. The van der Waals surface area contributed by atoms with Gasteiger partial charge in [-0.2, -0.15) is 13.2 Å². The van der Waals surface area contributed by atoms with E-state index in [1.807, 2.05) is 0 Å². The molecule has 1 aromatic heterocycles. The summed E-state index contributed by atoms with van der Waals surface area (Å²) in [5.41, 5.74) is -2.41. The molecule has 1 heterocycles. The standard InChI is InChI=1S/C10H9F3N2O/c1-9(2,16)4-3-7-5-8(10(11,12)13)15-6-14-7/h5-6,16H,1-2H3. The second-order valence-electron chi connectivity index (χ2n) is 3.60. The van der Waals surface area contributed by atoms with Gasteiger partial charge in [0, 0.05) is 6.07 Å². The quantitative estimate of drug-likeness (QED) is 0.689. The zero-order valence-corrected chi connectivity index (χ0v) is 8.63. The number of alkyl halides is 3. The maximum atomic E-state index is 12.3. The average molecular weight is 230 g/mol. The van der Waals surface area contributed by atoms with Crippen LogP contribution < -0.4 is 0 Å². The molecule has 0 aliphatic rings. The van der Waals surface area contributed by atoms with E-state index in [1.165, 1.54) is 13.8 Å². The Kier molecular flexibility index (Phi) is 3.19. The Hall–Kier alpha value is -1.61. The molecule has 0 saturated carbocycles. The van der Waals surface area contributed by atoms with Crippen LogP contribution in [0.15, 0.2) is 12.4 Å². The number of halogens is 3. The summed E-state index contributed by atoms with van der Waals surface area (Å²) in [6, 6.07) is 0.735.